The van der Waals surface area contributed by atoms with Gasteiger partial charge >= 0.3 is 5.97 Å². The summed E-state index contributed by atoms with van der Waals surface area (Å²) in [5.74, 6) is -0.469. The van der Waals surface area contributed by atoms with E-state index in [9.17, 15) is 9.59 Å². The Labute approximate surface area is 208 Å². The monoisotopic (exact) mass is 471 g/mol. The fourth-order valence-electron chi connectivity index (χ4n) is 4.17. The highest BCUT2D eigenvalue weighted by Crippen LogP contribution is 2.12. The van der Waals surface area contributed by atoms with Gasteiger partial charge in [0.1, 0.15) is 0 Å². The van der Waals surface area contributed by atoms with Crippen molar-refractivity contribution in [3.63, 3.8) is 0 Å². The number of hydrogen-bond acceptors (Lipinski definition) is 2. The molecule has 0 aliphatic rings. The van der Waals surface area contributed by atoms with Crippen LogP contribution in [0.5, 0.6) is 0 Å². The molecule has 0 radical (unpaired) electrons. The maximum absolute atomic E-state index is 11.9. The van der Waals surface area contributed by atoms with E-state index < -0.39 is 5.97 Å². The first kappa shape index (κ1) is 29.9. The van der Waals surface area contributed by atoms with Gasteiger partial charge in [0.15, 0.2) is 0 Å². The second-order valence-corrected chi connectivity index (χ2v) is 9.50. The summed E-state index contributed by atoms with van der Waals surface area (Å²) in [5.41, 5.74) is 1.28. The molecule has 0 aliphatic heterocycles. The van der Waals surface area contributed by atoms with Crippen molar-refractivity contribution in [3.8, 4) is 0 Å². The van der Waals surface area contributed by atoms with Gasteiger partial charge in [-0.3, -0.25) is 9.59 Å². The predicted octanol–water partition coefficient (Wildman–Crippen LogP) is 8.31. The lowest BCUT2D eigenvalue weighted by Gasteiger charge is -2.06. The molecule has 0 saturated heterocycles. The molecule has 1 rings (SSSR count). The zero-order valence-corrected chi connectivity index (χ0v) is 21.4. The number of benzene rings is 1. The molecular formula is C30H49NO3. The van der Waals surface area contributed by atoms with Gasteiger partial charge in [-0.2, -0.15) is 0 Å². The molecule has 0 atom stereocenters. The normalized spacial score (nSPS) is 11.2. The zero-order valence-electron chi connectivity index (χ0n) is 21.4. The van der Waals surface area contributed by atoms with Crippen LogP contribution in [0, 0.1) is 0 Å². The van der Waals surface area contributed by atoms with E-state index in [1.807, 2.05) is 6.07 Å². The van der Waals surface area contributed by atoms with Crippen molar-refractivity contribution in [1.29, 1.82) is 0 Å². The summed E-state index contributed by atoms with van der Waals surface area (Å²) in [5, 5.41) is 11.7. The van der Waals surface area contributed by atoms with Crippen molar-refractivity contribution in [3.05, 3.63) is 42.0 Å². The fraction of sp³-hybridized carbons (Fsp3) is 0.667. The molecule has 0 fully saturated rings. The van der Waals surface area contributed by atoms with E-state index in [4.69, 9.17) is 5.11 Å². The number of unbranched alkanes of at least 4 members (excludes halogenated alkanes) is 15. The topological polar surface area (TPSA) is 66.4 Å². The lowest BCUT2D eigenvalue weighted by Crippen LogP contribution is -2.23. The number of carbonyl (C=O) groups is 2. The molecule has 34 heavy (non-hydrogen) atoms. The largest absolute Gasteiger partial charge is 0.481 e. The van der Waals surface area contributed by atoms with Gasteiger partial charge in [0.25, 0.3) is 0 Å². The van der Waals surface area contributed by atoms with E-state index in [1.165, 1.54) is 69.8 Å². The molecule has 4 nitrogen and oxygen atoms in total. The van der Waals surface area contributed by atoms with Crippen LogP contribution in [0.3, 0.4) is 0 Å². The van der Waals surface area contributed by atoms with E-state index >= 15 is 0 Å². The van der Waals surface area contributed by atoms with Crippen molar-refractivity contribution in [2.24, 2.45) is 0 Å². The number of nitrogens with one attached hydrogen (secondary N) is 1. The highest BCUT2D eigenvalue weighted by Gasteiger charge is 2.01. The van der Waals surface area contributed by atoms with Crippen LogP contribution in [0.15, 0.2) is 36.4 Å². The Bertz CT molecular complexity index is 642. The molecule has 1 aromatic rings. The Balaban J connectivity index is 1.75. The molecule has 1 amide bonds. The Hall–Kier alpha value is -2.10. The highest BCUT2D eigenvalue weighted by molar-refractivity contribution is 5.75. The van der Waals surface area contributed by atoms with E-state index in [-0.39, 0.29) is 5.91 Å². The zero-order chi connectivity index (χ0) is 24.5. The third kappa shape index (κ3) is 20.5. The van der Waals surface area contributed by atoms with Gasteiger partial charge < -0.3 is 10.4 Å². The quantitative estimate of drug-likeness (QED) is 0.158. The molecule has 0 unspecified atom stereocenters. The minimum atomic E-state index is -0.683. The van der Waals surface area contributed by atoms with Gasteiger partial charge in [-0.25, -0.2) is 0 Å². The third-order valence-corrected chi connectivity index (χ3v) is 6.27. The maximum atomic E-state index is 11.9. The number of carboxylic acids is 1. The fourth-order valence-corrected chi connectivity index (χ4v) is 4.17. The van der Waals surface area contributed by atoms with E-state index in [0.29, 0.717) is 12.8 Å². The first-order valence-corrected chi connectivity index (χ1v) is 13.9. The predicted molar refractivity (Wildman–Crippen MR) is 144 cm³/mol. The highest BCUT2D eigenvalue weighted by atomic mass is 16.4. The van der Waals surface area contributed by atoms with Crippen LogP contribution in [-0.2, 0) is 9.59 Å². The Morgan fingerprint density at radius 1 is 0.647 bits per heavy atom. The van der Waals surface area contributed by atoms with Crippen molar-refractivity contribution in [2.75, 3.05) is 6.54 Å². The van der Waals surface area contributed by atoms with E-state index in [0.717, 1.165) is 51.5 Å². The standard InChI is InChI=1S/C30H49NO3/c32-29(31-27-21-14-10-6-2-5-9-13-20-26-30(33)34)25-19-12-8-4-1-3-7-11-16-22-28-23-17-15-18-24-28/h15-18,22-24H,1-14,19-21,25-27H2,(H,31,32)(H,33,34). The molecule has 192 valence electrons. The molecule has 4 heteroatoms. The molecule has 1 aromatic carbocycles. The second-order valence-electron chi connectivity index (χ2n) is 9.50. The second kappa shape index (κ2) is 22.7. The summed E-state index contributed by atoms with van der Waals surface area (Å²) in [6, 6.07) is 10.5. The average molecular weight is 472 g/mol. The van der Waals surface area contributed by atoms with Crippen molar-refractivity contribution in [2.45, 2.75) is 122 Å². The molecule has 0 aromatic heterocycles. The van der Waals surface area contributed by atoms with Crippen molar-refractivity contribution >= 4 is 18.0 Å². The van der Waals surface area contributed by atoms with E-state index in [1.54, 1.807) is 0 Å². The number of amides is 1. The molecule has 0 spiro atoms. The lowest BCUT2D eigenvalue weighted by molar-refractivity contribution is -0.137. The number of aliphatic carboxylic acids is 1. The molecule has 2 N–H and O–H groups in total. The van der Waals surface area contributed by atoms with Crippen LogP contribution >= 0.6 is 0 Å². The summed E-state index contributed by atoms with van der Waals surface area (Å²) >= 11 is 0. The first-order chi connectivity index (χ1) is 16.7. The Morgan fingerprint density at radius 2 is 1.15 bits per heavy atom. The average Bonchev–Trinajstić information content (AvgIpc) is 2.83. The summed E-state index contributed by atoms with van der Waals surface area (Å²) in [4.78, 5) is 22.4. The Morgan fingerprint density at radius 3 is 1.74 bits per heavy atom. The van der Waals surface area contributed by atoms with Gasteiger partial charge in [0.05, 0.1) is 0 Å². The van der Waals surface area contributed by atoms with Gasteiger partial charge in [-0.05, 0) is 37.7 Å². The summed E-state index contributed by atoms with van der Waals surface area (Å²) in [7, 11) is 0. The SMILES string of the molecule is O=C(O)CCCCCCCCCCCNC(=O)CCCCCCCCCC=Cc1ccccc1. The lowest BCUT2D eigenvalue weighted by atomic mass is 10.1. The van der Waals surface area contributed by atoms with Crippen LogP contribution in [-0.4, -0.2) is 23.5 Å². The van der Waals surface area contributed by atoms with Crippen LogP contribution in [0.25, 0.3) is 6.08 Å². The molecule has 0 aliphatic carbocycles. The third-order valence-electron chi connectivity index (χ3n) is 6.27. The molecule has 0 saturated carbocycles. The summed E-state index contributed by atoms with van der Waals surface area (Å²) in [6.45, 7) is 0.812. The van der Waals surface area contributed by atoms with E-state index in [2.05, 4.69) is 41.7 Å². The molecule has 0 heterocycles. The Kier molecular flexibility index (Phi) is 20.0. The number of rotatable bonds is 23. The van der Waals surface area contributed by atoms with Crippen molar-refractivity contribution < 1.29 is 14.7 Å². The molecular weight excluding hydrogens is 422 g/mol. The number of allylic oxidation sites excluding steroid dienone is 1. The smallest absolute Gasteiger partial charge is 0.303 e. The summed E-state index contributed by atoms with van der Waals surface area (Å²) in [6.07, 6.45) is 25.4. The van der Waals surface area contributed by atoms with Gasteiger partial charge in [0.2, 0.25) is 5.91 Å². The van der Waals surface area contributed by atoms with Gasteiger partial charge in [-0.15, -0.1) is 0 Å². The number of hydrogen-bond donors (Lipinski definition) is 2. The van der Waals surface area contributed by atoms with Crippen LogP contribution in [0.2, 0.25) is 0 Å². The molecule has 0 bridgehead atoms. The van der Waals surface area contributed by atoms with Crippen LogP contribution < -0.4 is 5.32 Å². The van der Waals surface area contributed by atoms with Gasteiger partial charge in [0, 0.05) is 19.4 Å². The van der Waals surface area contributed by atoms with Crippen LogP contribution in [0.4, 0.5) is 0 Å². The number of carboxylic acid groups (broad SMARTS) is 1. The number of carbonyl (C=O) groups excluding carboxylic acids is 1. The minimum absolute atomic E-state index is 0.214. The van der Waals surface area contributed by atoms with Crippen molar-refractivity contribution in [1.82, 2.24) is 5.32 Å². The summed E-state index contributed by atoms with van der Waals surface area (Å²) < 4.78 is 0. The maximum Gasteiger partial charge on any atom is 0.303 e. The first-order valence-electron chi connectivity index (χ1n) is 13.9. The van der Waals surface area contributed by atoms with Gasteiger partial charge in [-0.1, -0.05) is 120 Å². The van der Waals surface area contributed by atoms with Crippen LogP contribution in [0.1, 0.15) is 128 Å². The minimum Gasteiger partial charge on any atom is -0.481 e.